The van der Waals surface area contributed by atoms with E-state index in [1.165, 1.54) is 19.3 Å². The van der Waals surface area contributed by atoms with Gasteiger partial charge < -0.3 is 13.3 Å². The average molecular weight is 319 g/mol. The summed E-state index contributed by atoms with van der Waals surface area (Å²) >= 11 is 0. The summed E-state index contributed by atoms with van der Waals surface area (Å²) in [5.74, 6) is 0.790. The Morgan fingerprint density at radius 1 is 0.619 bits per heavy atom. The minimum atomic E-state index is -2.56. The van der Waals surface area contributed by atoms with Crippen molar-refractivity contribution in [3.8, 4) is 0 Å². The Balaban J connectivity index is 4.58. The molecule has 128 valence electrons. The summed E-state index contributed by atoms with van der Waals surface area (Å²) in [6.07, 6.45) is 5.38. The summed E-state index contributed by atoms with van der Waals surface area (Å²) in [7, 11) is -2.56. The van der Waals surface area contributed by atoms with E-state index in [1.807, 2.05) is 0 Å². The molecule has 0 aliphatic heterocycles. The van der Waals surface area contributed by atoms with Crippen LogP contribution in [-0.2, 0) is 13.3 Å². The number of hydrogen-bond donors (Lipinski definition) is 0. The third-order valence-corrected chi connectivity index (χ3v) is 6.47. The van der Waals surface area contributed by atoms with Crippen LogP contribution in [0.4, 0.5) is 0 Å². The van der Waals surface area contributed by atoms with Gasteiger partial charge in [-0.05, 0) is 53.9 Å². The highest BCUT2D eigenvalue weighted by Gasteiger charge is 2.43. The Kier molecular flexibility index (Phi) is 10.8. The van der Waals surface area contributed by atoms with Crippen LogP contribution in [0.5, 0.6) is 0 Å². The monoisotopic (exact) mass is 318 g/mol. The fourth-order valence-corrected chi connectivity index (χ4v) is 5.77. The van der Waals surface area contributed by atoms with E-state index in [-0.39, 0.29) is 18.3 Å². The van der Waals surface area contributed by atoms with Gasteiger partial charge in [0, 0.05) is 24.4 Å². The Hall–Kier alpha value is 0.0969. The highest BCUT2D eigenvalue weighted by molar-refractivity contribution is 6.60. The number of rotatable bonds is 12. The molecule has 0 aliphatic carbocycles. The van der Waals surface area contributed by atoms with Gasteiger partial charge in [0.15, 0.2) is 0 Å². The summed E-state index contributed by atoms with van der Waals surface area (Å²) in [4.78, 5) is 0. The van der Waals surface area contributed by atoms with E-state index in [1.54, 1.807) is 0 Å². The lowest BCUT2D eigenvalue weighted by Crippen LogP contribution is -2.50. The summed E-state index contributed by atoms with van der Waals surface area (Å²) in [6, 6.07) is 0.930. The normalized spacial score (nSPS) is 13.1. The fraction of sp³-hybridized carbons (Fsp3) is 1.00. The fourth-order valence-electron chi connectivity index (χ4n) is 2.41. The molecule has 4 heteroatoms. The van der Waals surface area contributed by atoms with E-state index in [9.17, 15) is 0 Å². The standard InChI is InChI=1S/C17H38O3Si/c1-14(2)12-10-9-11-13-21(18-15(3)4,19-16(5)6)20-17(7)8/h14-17H,9-13H2,1-8H3. The van der Waals surface area contributed by atoms with Crippen molar-refractivity contribution in [3.05, 3.63) is 0 Å². The molecule has 0 aromatic rings. The van der Waals surface area contributed by atoms with Crippen molar-refractivity contribution in [2.45, 2.75) is 105 Å². The maximum absolute atomic E-state index is 6.18. The van der Waals surface area contributed by atoms with Crippen molar-refractivity contribution in [1.29, 1.82) is 0 Å². The number of unbranched alkanes of at least 4 members (excludes halogenated alkanes) is 2. The van der Waals surface area contributed by atoms with E-state index in [4.69, 9.17) is 13.3 Å². The topological polar surface area (TPSA) is 27.7 Å². The van der Waals surface area contributed by atoms with Crippen LogP contribution < -0.4 is 0 Å². The molecule has 0 fully saturated rings. The molecule has 0 radical (unpaired) electrons. The molecule has 3 nitrogen and oxygen atoms in total. The second-order valence-electron chi connectivity index (χ2n) is 7.18. The number of hydrogen-bond acceptors (Lipinski definition) is 3. The van der Waals surface area contributed by atoms with Crippen LogP contribution in [0.3, 0.4) is 0 Å². The predicted octanol–water partition coefficient (Wildman–Crippen LogP) is 5.42. The highest BCUT2D eigenvalue weighted by Crippen LogP contribution is 2.25. The second-order valence-corrected chi connectivity index (χ2v) is 9.75. The molecule has 0 spiro atoms. The van der Waals surface area contributed by atoms with Gasteiger partial charge in [-0.1, -0.05) is 33.1 Å². The summed E-state index contributed by atoms with van der Waals surface area (Å²) in [6.45, 7) is 16.9. The lowest BCUT2D eigenvalue weighted by Gasteiger charge is -2.34. The Bertz CT molecular complexity index is 226. The zero-order chi connectivity index (χ0) is 16.5. The third kappa shape index (κ3) is 11.3. The maximum Gasteiger partial charge on any atom is 0.501 e. The van der Waals surface area contributed by atoms with E-state index in [0.29, 0.717) is 0 Å². The van der Waals surface area contributed by atoms with Gasteiger partial charge in [0.1, 0.15) is 0 Å². The van der Waals surface area contributed by atoms with Crippen LogP contribution in [0.25, 0.3) is 0 Å². The van der Waals surface area contributed by atoms with Crippen LogP contribution >= 0.6 is 0 Å². The molecule has 0 bridgehead atoms. The van der Waals surface area contributed by atoms with E-state index >= 15 is 0 Å². The zero-order valence-corrected chi connectivity index (χ0v) is 16.6. The molecule has 0 unspecified atom stereocenters. The lowest BCUT2D eigenvalue weighted by atomic mass is 10.1. The van der Waals surface area contributed by atoms with Crippen molar-refractivity contribution in [1.82, 2.24) is 0 Å². The van der Waals surface area contributed by atoms with Gasteiger partial charge >= 0.3 is 8.80 Å². The highest BCUT2D eigenvalue weighted by atomic mass is 28.4. The van der Waals surface area contributed by atoms with E-state index in [2.05, 4.69) is 55.4 Å². The Morgan fingerprint density at radius 2 is 1.05 bits per heavy atom. The van der Waals surface area contributed by atoms with Crippen LogP contribution in [-0.4, -0.2) is 27.1 Å². The van der Waals surface area contributed by atoms with Gasteiger partial charge in [0.25, 0.3) is 0 Å². The van der Waals surface area contributed by atoms with Crippen LogP contribution in [0.15, 0.2) is 0 Å². The lowest BCUT2D eigenvalue weighted by molar-refractivity contribution is 0.00278. The summed E-state index contributed by atoms with van der Waals surface area (Å²) < 4.78 is 18.5. The SMILES string of the molecule is CC(C)CCCCC[Si](OC(C)C)(OC(C)C)OC(C)C. The minimum absolute atomic E-state index is 0.143. The molecule has 21 heavy (non-hydrogen) atoms. The van der Waals surface area contributed by atoms with Gasteiger partial charge in [0.2, 0.25) is 0 Å². The van der Waals surface area contributed by atoms with Crippen molar-refractivity contribution < 1.29 is 13.3 Å². The smallest absolute Gasteiger partial charge is 0.371 e. The molecule has 0 saturated heterocycles. The predicted molar refractivity (Wildman–Crippen MR) is 92.5 cm³/mol. The molecule has 0 heterocycles. The molecule has 0 aliphatic rings. The van der Waals surface area contributed by atoms with E-state index in [0.717, 1.165) is 18.4 Å². The van der Waals surface area contributed by atoms with Crippen molar-refractivity contribution in [2.24, 2.45) is 5.92 Å². The van der Waals surface area contributed by atoms with E-state index < -0.39 is 8.80 Å². The van der Waals surface area contributed by atoms with Crippen LogP contribution in [0, 0.1) is 5.92 Å². The van der Waals surface area contributed by atoms with Crippen molar-refractivity contribution >= 4 is 8.80 Å². The molecule has 0 amide bonds. The summed E-state index contributed by atoms with van der Waals surface area (Å²) in [5, 5.41) is 0. The largest absolute Gasteiger partial charge is 0.501 e. The van der Waals surface area contributed by atoms with Crippen LogP contribution in [0.1, 0.15) is 81.1 Å². The van der Waals surface area contributed by atoms with Crippen molar-refractivity contribution in [3.63, 3.8) is 0 Å². The molecule has 0 N–H and O–H groups in total. The Morgan fingerprint density at radius 3 is 1.38 bits per heavy atom. The molecular formula is C17H38O3Si. The second kappa shape index (κ2) is 10.8. The summed E-state index contributed by atoms with van der Waals surface area (Å²) in [5.41, 5.74) is 0. The van der Waals surface area contributed by atoms with Gasteiger partial charge in [-0.25, -0.2) is 0 Å². The zero-order valence-electron chi connectivity index (χ0n) is 15.6. The first-order valence-corrected chi connectivity index (χ1v) is 10.6. The Labute approximate surface area is 134 Å². The molecular weight excluding hydrogens is 280 g/mol. The van der Waals surface area contributed by atoms with Gasteiger partial charge in [-0.15, -0.1) is 0 Å². The van der Waals surface area contributed by atoms with Crippen molar-refractivity contribution in [2.75, 3.05) is 0 Å². The van der Waals surface area contributed by atoms with Crippen LogP contribution in [0.2, 0.25) is 6.04 Å². The van der Waals surface area contributed by atoms with Gasteiger partial charge in [-0.2, -0.15) is 0 Å². The third-order valence-electron chi connectivity index (χ3n) is 3.01. The first kappa shape index (κ1) is 21.1. The quantitative estimate of drug-likeness (QED) is 0.355. The molecule has 0 aromatic carbocycles. The van der Waals surface area contributed by atoms with Gasteiger partial charge in [-0.3, -0.25) is 0 Å². The first-order chi connectivity index (χ1) is 9.67. The molecule has 0 rings (SSSR count). The molecule has 0 saturated carbocycles. The first-order valence-electron chi connectivity index (χ1n) is 8.70. The molecule has 0 atom stereocenters. The average Bonchev–Trinajstić information content (AvgIpc) is 2.24. The minimum Gasteiger partial charge on any atom is -0.371 e. The molecule has 0 aromatic heterocycles. The maximum atomic E-state index is 6.18. The van der Waals surface area contributed by atoms with Gasteiger partial charge in [0.05, 0.1) is 0 Å².